The highest BCUT2D eigenvalue weighted by atomic mass is 16.5. The smallest absolute Gasteiger partial charge is 0.123 e. The molecule has 0 spiro atoms. The van der Waals surface area contributed by atoms with E-state index in [4.69, 9.17) is 9.15 Å². The van der Waals surface area contributed by atoms with E-state index in [0.29, 0.717) is 6.61 Å². The van der Waals surface area contributed by atoms with E-state index in [9.17, 15) is 0 Å². The summed E-state index contributed by atoms with van der Waals surface area (Å²) in [5, 5.41) is 3.09. The number of rotatable bonds is 5. The second-order valence-electron chi connectivity index (χ2n) is 5.32. The molecule has 1 aromatic carbocycles. The van der Waals surface area contributed by atoms with Gasteiger partial charge in [-0.15, -0.1) is 0 Å². The van der Waals surface area contributed by atoms with E-state index in [2.05, 4.69) is 44.3 Å². The van der Waals surface area contributed by atoms with Crippen molar-refractivity contribution in [3.05, 3.63) is 52.0 Å². The molecule has 1 aromatic heterocycles. The van der Waals surface area contributed by atoms with Crippen LogP contribution in [0.3, 0.4) is 0 Å². The Morgan fingerprint density at radius 2 is 1.85 bits per heavy atom. The Bertz CT molecular complexity index is 599. The number of ether oxygens (including phenoxy) is 1. The maximum Gasteiger partial charge on any atom is 0.123 e. The van der Waals surface area contributed by atoms with Gasteiger partial charge in [0.1, 0.15) is 23.9 Å². The number of nitrogens with one attached hydrogen (secondary N) is 1. The van der Waals surface area contributed by atoms with Crippen LogP contribution in [-0.2, 0) is 13.2 Å². The fourth-order valence-electron chi connectivity index (χ4n) is 2.30. The van der Waals surface area contributed by atoms with Crippen molar-refractivity contribution in [2.45, 2.75) is 40.8 Å². The molecule has 0 radical (unpaired) electrons. The minimum absolute atomic E-state index is 0.544. The SMILES string of the molecule is CNCc1cc(COc2cc(C)cc(C)c2C)c(C)o1. The summed E-state index contributed by atoms with van der Waals surface area (Å²) in [5.41, 5.74) is 4.80. The van der Waals surface area contributed by atoms with Crippen LogP contribution in [0.4, 0.5) is 0 Å². The zero-order chi connectivity index (χ0) is 14.7. The lowest BCUT2D eigenvalue weighted by Crippen LogP contribution is -2.03. The number of benzene rings is 1. The highest BCUT2D eigenvalue weighted by Gasteiger charge is 2.09. The molecular formula is C17H23NO2. The summed E-state index contributed by atoms with van der Waals surface area (Å²) in [6, 6.07) is 6.33. The van der Waals surface area contributed by atoms with Gasteiger partial charge in [-0.25, -0.2) is 0 Å². The Morgan fingerprint density at radius 1 is 1.10 bits per heavy atom. The molecule has 1 N–H and O–H groups in total. The van der Waals surface area contributed by atoms with E-state index in [1.54, 1.807) is 0 Å². The van der Waals surface area contributed by atoms with Crippen LogP contribution in [-0.4, -0.2) is 7.05 Å². The first-order chi connectivity index (χ1) is 9.51. The van der Waals surface area contributed by atoms with Gasteiger partial charge >= 0.3 is 0 Å². The van der Waals surface area contributed by atoms with Crippen molar-refractivity contribution in [1.82, 2.24) is 5.32 Å². The van der Waals surface area contributed by atoms with Crippen LogP contribution < -0.4 is 10.1 Å². The zero-order valence-electron chi connectivity index (χ0n) is 13.0. The van der Waals surface area contributed by atoms with Crippen molar-refractivity contribution in [2.75, 3.05) is 7.05 Å². The molecule has 1 heterocycles. The number of aryl methyl sites for hydroxylation is 3. The van der Waals surface area contributed by atoms with Gasteiger partial charge in [-0.2, -0.15) is 0 Å². The lowest BCUT2D eigenvalue weighted by Gasteiger charge is -2.12. The van der Waals surface area contributed by atoms with E-state index < -0.39 is 0 Å². The molecule has 0 aliphatic rings. The molecule has 2 rings (SSSR count). The third kappa shape index (κ3) is 3.23. The topological polar surface area (TPSA) is 34.4 Å². The maximum atomic E-state index is 5.98. The molecule has 3 heteroatoms. The standard InChI is InChI=1S/C17H23NO2/c1-11-6-12(2)13(3)17(7-11)19-10-15-8-16(9-18-5)20-14(15)4/h6-8,18H,9-10H2,1-5H3. The van der Waals surface area contributed by atoms with Gasteiger partial charge in [0.2, 0.25) is 0 Å². The molecule has 0 unspecified atom stereocenters. The van der Waals surface area contributed by atoms with Gasteiger partial charge in [0.05, 0.1) is 6.54 Å². The zero-order valence-corrected chi connectivity index (χ0v) is 13.0. The molecule has 3 nitrogen and oxygen atoms in total. The quantitative estimate of drug-likeness (QED) is 0.899. The van der Waals surface area contributed by atoms with E-state index >= 15 is 0 Å². The number of hydrogen-bond donors (Lipinski definition) is 1. The van der Waals surface area contributed by atoms with Gasteiger partial charge in [0.25, 0.3) is 0 Å². The van der Waals surface area contributed by atoms with E-state index in [1.165, 1.54) is 16.7 Å². The number of furan rings is 1. The minimum Gasteiger partial charge on any atom is -0.488 e. The summed E-state index contributed by atoms with van der Waals surface area (Å²) < 4.78 is 11.7. The van der Waals surface area contributed by atoms with Crippen molar-refractivity contribution >= 4 is 0 Å². The molecule has 0 saturated carbocycles. The summed E-state index contributed by atoms with van der Waals surface area (Å²) in [6.07, 6.45) is 0. The Balaban J connectivity index is 2.12. The molecule has 0 aliphatic heterocycles. The summed E-state index contributed by atoms with van der Waals surface area (Å²) >= 11 is 0. The Labute approximate surface area is 121 Å². The lowest BCUT2D eigenvalue weighted by molar-refractivity contribution is 0.300. The molecule has 0 saturated heterocycles. The van der Waals surface area contributed by atoms with Crippen LogP contribution in [0.1, 0.15) is 33.8 Å². The van der Waals surface area contributed by atoms with Crippen molar-refractivity contribution in [3.8, 4) is 5.75 Å². The highest BCUT2D eigenvalue weighted by Crippen LogP contribution is 2.25. The monoisotopic (exact) mass is 273 g/mol. The van der Waals surface area contributed by atoms with Crippen LogP contribution >= 0.6 is 0 Å². The fourth-order valence-corrected chi connectivity index (χ4v) is 2.30. The summed E-state index contributed by atoms with van der Waals surface area (Å²) in [4.78, 5) is 0. The van der Waals surface area contributed by atoms with Gasteiger partial charge in [0, 0.05) is 5.56 Å². The first-order valence-electron chi connectivity index (χ1n) is 6.94. The van der Waals surface area contributed by atoms with E-state index in [0.717, 1.165) is 29.4 Å². The van der Waals surface area contributed by atoms with Crippen molar-refractivity contribution in [3.63, 3.8) is 0 Å². The molecule has 0 fully saturated rings. The molecule has 0 atom stereocenters. The van der Waals surface area contributed by atoms with Crippen LogP contribution in [0.15, 0.2) is 22.6 Å². The maximum absolute atomic E-state index is 5.98. The van der Waals surface area contributed by atoms with E-state index in [1.807, 2.05) is 14.0 Å². The Morgan fingerprint density at radius 3 is 2.55 bits per heavy atom. The van der Waals surface area contributed by atoms with E-state index in [-0.39, 0.29) is 0 Å². The van der Waals surface area contributed by atoms with Gasteiger partial charge < -0.3 is 14.5 Å². The number of hydrogen-bond acceptors (Lipinski definition) is 3. The average Bonchev–Trinajstić information content (AvgIpc) is 2.73. The molecular weight excluding hydrogens is 250 g/mol. The van der Waals surface area contributed by atoms with Gasteiger partial charge in [-0.1, -0.05) is 6.07 Å². The van der Waals surface area contributed by atoms with Crippen molar-refractivity contribution < 1.29 is 9.15 Å². The van der Waals surface area contributed by atoms with Gasteiger partial charge in [0.15, 0.2) is 0 Å². The lowest BCUT2D eigenvalue weighted by atomic mass is 10.1. The molecule has 0 amide bonds. The van der Waals surface area contributed by atoms with Crippen LogP contribution in [0.2, 0.25) is 0 Å². The minimum atomic E-state index is 0.544. The molecule has 108 valence electrons. The van der Waals surface area contributed by atoms with Crippen LogP contribution in [0.5, 0.6) is 5.75 Å². The third-order valence-corrected chi connectivity index (χ3v) is 3.57. The molecule has 20 heavy (non-hydrogen) atoms. The molecule has 0 bridgehead atoms. The predicted octanol–water partition coefficient (Wildman–Crippen LogP) is 3.81. The normalized spacial score (nSPS) is 10.8. The van der Waals surface area contributed by atoms with Crippen molar-refractivity contribution in [1.29, 1.82) is 0 Å². The Hall–Kier alpha value is -1.74. The second kappa shape index (κ2) is 6.14. The summed E-state index contributed by atoms with van der Waals surface area (Å²) in [7, 11) is 1.91. The third-order valence-electron chi connectivity index (χ3n) is 3.57. The van der Waals surface area contributed by atoms with Crippen LogP contribution in [0, 0.1) is 27.7 Å². The van der Waals surface area contributed by atoms with Gasteiger partial charge in [-0.3, -0.25) is 0 Å². The first-order valence-corrected chi connectivity index (χ1v) is 6.94. The first kappa shape index (κ1) is 14.7. The van der Waals surface area contributed by atoms with Gasteiger partial charge in [-0.05, 0) is 63.6 Å². The Kier molecular flexibility index (Phi) is 4.50. The molecule has 0 aliphatic carbocycles. The summed E-state index contributed by atoms with van der Waals surface area (Å²) in [5.74, 6) is 2.83. The highest BCUT2D eigenvalue weighted by molar-refractivity contribution is 5.42. The predicted molar refractivity (Wildman–Crippen MR) is 81.2 cm³/mol. The van der Waals surface area contributed by atoms with Crippen molar-refractivity contribution in [2.24, 2.45) is 0 Å². The summed E-state index contributed by atoms with van der Waals surface area (Å²) in [6.45, 7) is 9.56. The average molecular weight is 273 g/mol. The fraction of sp³-hybridized carbons (Fsp3) is 0.412. The molecule has 2 aromatic rings. The van der Waals surface area contributed by atoms with Crippen LogP contribution in [0.25, 0.3) is 0 Å². The largest absolute Gasteiger partial charge is 0.488 e. The second-order valence-corrected chi connectivity index (χ2v) is 5.32.